The van der Waals surface area contributed by atoms with Crippen LogP contribution < -0.4 is 10.6 Å². The second-order valence-electron chi connectivity index (χ2n) is 6.10. The molecule has 0 saturated carbocycles. The standard InChI is InChI=1S/C18H19F3N4O.ClH/c1-12-16(17(26)23-10-13-5-7-22-8-6-13)11-24-25(12)15-4-2-3-14(9-15)18(19,20)21;/h2-5,9,11,22H,6-8,10H2,1H3,(H,23,26);1H. The second-order valence-corrected chi connectivity index (χ2v) is 6.10. The summed E-state index contributed by atoms with van der Waals surface area (Å²) < 4.78 is 40.0. The molecule has 0 spiro atoms. The highest BCUT2D eigenvalue weighted by Crippen LogP contribution is 2.30. The predicted octanol–water partition coefficient (Wildman–Crippen LogP) is 3.27. The van der Waals surface area contributed by atoms with E-state index in [4.69, 9.17) is 0 Å². The molecule has 2 aromatic rings. The van der Waals surface area contributed by atoms with Crippen LogP contribution in [0.4, 0.5) is 13.2 Å². The van der Waals surface area contributed by atoms with Gasteiger partial charge in [0.15, 0.2) is 0 Å². The molecule has 146 valence electrons. The first-order valence-electron chi connectivity index (χ1n) is 8.25. The topological polar surface area (TPSA) is 59.0 Å². The van der Waals surface area contributed by atoms with Crippen LogP contribution in [0.3, 0.4) is 0 Å². The van der Waals surface area contributed by atoms with E-state index in [1.807, 2.05) is 6.08 Å². The Morgan fingerprint density at radius 2 is 2.15 bits per heavy atom. The number of nitrogens with zero attached hydrogens (tertiary/aromatic N) is 2. The first-order chi connectivity index (χ1) is 12.4. The molecule has 1 aromatic carbocycles. The summed E-state index contributed by atoms with van der Waals surface area (Å²) in [4.78, 5) is 12.4. The van der Waals surface area contributed by atoms with Crippen molar-refractivity contribution in [1.29, 1.82) is 0 Å². The van der Waals surface area contributed by atoms with Gasteiger partial charge in [-0.25, -0.2) is 4.68 Å². The summed E-state index contributed by atoms with van der Waals surface area (Å²) in [7, 11) is 0. The number of carbonyl (C=O) groups is 1. The minimum Gasteiger partial charge on any atom is -0.348 e. The van der Waals surface area contributed by atoms with Gasteiger partial charge in [-0.1, -0.05) is 17.7 Å². The van der Waals surface area contributed by atoms with E-state index in [0.29, 0.717) is 17.8 Å². The number of aromatic nitrogens is 2. The molecule has 5 nitrogen and oxygen atoms in total. The van der Waals surface area contributed by atoms with Crippen molar-refractivity contribution in [3.8, 4) is 5.69 Å². The Morgan fingerprint density at radius 3 is 2.81 bits per heavy atom. The maximum atomic E-state index is 12.9. The third-order valence-electron chi connectivity index (χ3n) is 4.31. The lowest BCUT2D eigenvalue weighted by atomic mass is 10.1. The molecule has 1 aliphatic rings. The van der Waals surface area contributed by atoms with Crippen molar-refractivity contribution in [1.82, 2.24) is 20.4 Å². The van der Waals surface area contributed by atoms with Crippen molar-refractivity contribution >= 4 is 18.3 Å². The maximum Gasteiger partial charge on any atom is 0.416 e. The summed E-state index contributed by atoms with van der Waals surface area (Å²) in [6.45, 7) is 3.78. The lowest BCUT2D eigenvalue weighted by Gasteiger charge is -2.14. The zero-order valence-electron chi connectivity index (χ0n) is 14.6. The Balaban J connectivity index is 0.00000261. The summed E-state index contributed by atoms with van der Waals surface area (Å²) in [5.74, 6) is -0.292. The van der Waals surface area contributed by atoms with Crippen molar-refractivity contribution in [2.45, 2.75) is 19.5 Å². The molecule has 1 aliphatic heterocycles. The maximum absolute atomic E-state index is 12.9. The Labute approximate surface area is 161 Å². The second kappa shape index (κ2) is 8.58. The molecule has 0 unspecified atom stereocenters. The van der Waals surface area contributed by atoms with Gasteiger partial charge in [-0.2, -0.15) is 18.3 Å². The van der Waals surface area contributed by atoms with Crippen molar-refractivity contribution in [3.05, 3.63) is 58.9 Å². The van der Waals surface area contributed by atoms with Crippen LogP contribution in [0.2, 0.25) is 0 Å². The van der Waals surface area contributed by atoms with Crippen LogP contribution in [0.25, 0.3) is 5.69 Å². The third kappa shape index (κ3) is 4.90. The minimum absolute atomic E-state index is 0. The summed E-state index contributed by atoms with van der Waals surface area (Å²) in [6.07, 6.45) is -0.132. The van der Waals surface area contributed by atoms with Crippen LogP contribution in [0.15, 0.2) is 42.1 Å². The molecule has 0 bridgehead atoms. The molecule has 0 aliphatic carbocycles. The van der Waals surface area contributed by atoms with E-state index >= 15 is 0 Å². The largest absolute Gasteiger partial charge is 0.416 e. The number of hydrogen-bond donors (Lipinski definition) is 2. The van der Waals surface area contributed by atoms with E-state index in [0.717, 1.165) is 37.2 Å². The van der Waals surface area contributed by atoms with Crippen LogP contribution in [0.1, 0.15) is 28.0 Å². The van der Waals surface area contributed by atoms with Crippen molar-refractivity contribution < 1.29 is 18.0 Å². The van der Waals surface area contributed by atoms with Crippen LogP contribution in [-0.2, 0) is 6.18 Å². The van der Waals surface area contributed by atoms with Crippen molar-refractivity contribution in [2.24, 2.45) is 0 Å². The fourth-order valence-electron chi connectivity index (χ4n) is 2.83. The van der Waals surface area contributed by atoms with Gasteiger partial charge in [0, 0.05) is 13.1 Å². The number of hydrogen-bond acceptors (Lipinski definition) is 3. The highest BCUT2D eigenvalue weighted by Gasteiger charge is 2.30. The fraction of sp³-hybridized carbons (Fsp3) is 0.333. The number of rotatable bonds is 4. The lowest BCUT2D eigenvalue weighted by molar-refractivity contribution is -0.137. The molecule has 2 N–H and O–H groups in total. The Hall–Kier alpha value is -2.32. The van der Waals surface area contributed by atoms with Gasteiger partial charge in [0.25, 0.3) is 5.91 Å². The molecule has 0 atom stereocenters. The molecule has 1 aromatic heterocycles. The van der Waals surface area contributed by atoms with E-state index < -0.39 is 11.7 Å². The van der Waals surface area contributed by atoms with Crippen molar-refractivity contribution in [2.75, 3.05) is 19.6 Å². The van der Waals surface area contributed by atoms with Crippen LogP contribution in [0, 0.1) is 6.92 Å². The molecule has 27 heavy (non-hydrogen) atoms. The predicted molar refractivity (Wildman–Crippen MR) is 98.5 cm³/mol. The number of benzene rings is 1. The lowest BCUT2D eigenvalue weighted by Crippen LogP contribution is -2.29. The van der Waals surface area contributed by atoms with Gasteiger partial charge in [0.1, 0.15) is 0 Å². The number of halogens is 4. The van der Waals surface area contributed by atoms with Crippen LogP contribution in [-0.4, -0.2) is 35.3 Å². The quantitative estimate of drug-likeness (QED) is 0.774. The molecule has 2 heterocycles. The Morgan fingerprint density at radius 1 is 1.37 bits per heavy atom. The summed E-state index contributed by atoms with van der Waals surface area (Å²) in [5.41, 5.74) is 1.49. The molecular weight excluding hydrogens is 381 g/mol. The molecular formula is C18H20ClF3N4O. The zero-order valence-corrected chi connectivity index (χ0v) is 15.5. The van der Waals surface area contributed by atoms with Gasteiger partial charge in [0.2, 0.25) is 0 Å². The first kappa shape index (κ1) is 21.0. The molecule has 0 fully saturated rings. The normalized spacial score (nSPS) is 14.3. The Bertz CT molecular complexity index is 845. The number of carbonyl (C=O) groups excluding carboxylic acids is 1. The van der Waals surface area contributed by atoms with Gasteiger partial charge in [-0.15, -0.1) is 12.4 Å². The molecule has 0 saturated heterocycles. The average molecular weight is 401 g/mol. The number of nitrogens with one attached hydrogen (secondary N) is 2. The molecule has 1 amide bonds. The van der Waals surface area contributed by atoms with E-state index in [1.165, 1.54) is 23.0 Å². The van der Waals surface area contributed by atoms with E-state index in [9.17, 15) is 18.0 Å². The number of amides is 1. The van der Waals surface area contributed by atoms with Gasteiger partial charge >= 0.3 is 6.18 Å². The average Bonchev–Trinajstić information content (AvgIpc) is 3.01. The van der Waals surface area contributed by atoms with Crippen molar-refractivity contribution in [3.63, 3.8) is 0 Å². The smallest absolute Gasteiger partial charge is 0.348 e. The summed E-state index contributed by atoms with van der Waals surface area (Å²) >= 11 is 0. The van der Waals surface area contributed by atoms with Gasteiger partial charge in [-0.05, 0) is 38.1 Å². The highest BCUT2D eigenvalue weighted by molar-refractivity contribution is 5.95. The molecule has 9 heteroatoms. The summed E-state index contributed by atoms with van der Waals surface area (Å²) in [5, 5.41) is 10.1. The highest BCUT2D eigenvalue weighted by atomic mass is 35.5. The zero-order chi connectivity index (χ0) is 18.7. The van der Waals surface area contributed by atoms with E-state index in [2.05, 4.69) is 15.7 Å². The van der Waals surface area contributed by atoms with Crippen LogP contribution >= 0.6 is 12.4 Å². The summed E-state index contributed by atoms with van der Waals surface area (Å²) in [6, 6.07) is 4.86. The Kier molecular flexibility index (Phi) is 6.67. The SMILES string of the molecule is Cc1c(C(=O)NCC2=CCNCC2)cnn1-c1cccc(C(F)(F)F)c1.Cl. The fourth-order valence-corrected chi connectivity index (χ4v) is 2.83. The minimum atomic E-state index is -4.43. The van der Waals surface area contributed by atoms with E-state index in [-0.39, 0.29) is 24.0 Å². The molecule has 0 radical (unpaired) electrons. The first-order valence-corrected chi connectivity index (χ1v) is 8.25. The third-order valence-corrected chi connectivity index (χ3v) is 4.31. The van der Waals surface area contributed by atoms with Gasteiger partial charge in [0.05, 0.1) is 28.7 Å². The van der Waals surface area contributed by atoms with Crippen LogP contribution in [0.5, 0.6) is 0 Å². The van der Waals surface area contributed by atoms with E-state index in [1.54, 1.807) is 6.92 Å². The van der Waals surface area contributed by atoms with Gasteiger partial charge < -0.3 is 10.6 Å². The number of alkyl halides is 3. The van der Waals surface area contributed by atoms with Gasteiger partial charge in [-0.3, -0.25) is 4.79 Å². The molecule has 3 rings (SSSR count). The monoisotopic (exact) mass is 400 g/mol.